The highest BCUT2D eigenvalue weighted by molar-refractivity contribution is 7.89. The summed E-state index contributed by atoms with van der Waals surface area (Å²) in [5.41, 5.74) is 4.16. The van der Waals surface area contributed by atoms with Crippen molar-refractivity contribution in [3.63, 3.8) is 0 Å². The van der Waals surface area contributed by atoms with E-state index in [-0.39, 0.29) is 13.1 Å². The van der Waals surface area contributed by atoms with Crippen LogP contribution in [-0.4, -0.2) is 37.8 Å². The van der Waals surface area contributed by atoms with Gasteiger partial charge >= 0.3 is 5.69 Å². The van der Waals surface area contributed by atoms with E-state index in [1.165, 1.54) is 7.05 Å². The molecule has 0 aromatic heterocycles. The Bertz CT molecular complexity index is 561. The molecule has 0 radical (unpaired) electrons. The van der Waals surface area contributed by atoms with E-state index in [0.717, 1.165) is 22.5 Å². The summed E-state index contributed by atoms with van der Waals surface area (Å²) in [6, 6.07) is 2.93. The van der Waals surface area contributed by atoms with E-state index in [0.29, 0.717) is 0 Å². The van der Waals surface area contributed by atoms with Crippen molar-refractivity contribution in [2.24, 2.45) is 5.73 Å². The Morgan fingerprint density at radius 2 is 2.11 bits per heavy atom. The van der Waals surface area contributed by atoms with Gasteiger partial charge in [-0.15, -0.1) is 0 Å². The molecule has 9 heteroatoms. The zero-order valence-electron chi connectivity index (χ0n) is 9.54. The quantitative estimate of drug-likeness (QED) is 0.616. The summed E-state index contributed by atoms with van der Waals surface area (Å²) in [5.74, 6) is -1.19. The zero-order chi connectivity index (χ0) is 13.9. The lowest BCUT2D eigenvalue weighted by atomic mass is 10.3. The summed E-state index contributed by atoms with van der Waals surface area (Å²) >= 11 is 0. The number of halogens is 1. The molecular formula is C9H12FN3O4S. The highest BCUT2D eigenvalue weighted by atomic mass is 32.2. The topological polar surface area (TPSA) is 107 Å². The molecule has 0 saturated heterocycles. The van der Waals surface area contributed by atoms with E-state index in [1.54, 1.807) is 0 Å². The number of nitro benzene ring substituents is 1. The Morgan fingerprint density at radius 3 is 2.61 bits per heavy atom. The molecule has 0 aliphatic heterocycles. The van der Waals surface area contributed by atoms with Crippen molar-refractivity contribution < 1.29 is 17.7 Å². The van der Waals surface area contributed by atoms with Crippen molar-refractivity contribution in [3.05, 3.63) is 34.1 Å². The number of hydrogen-bond acceptors (Lipinski definition) is 5. The fraction of sp³-hybridized carbons (Fsp3) is 0.333. The van der Waals surface area contributed by atoms with E-state index in [1.807, 2.05) is 0 Å². The lowest BCUT2D eigenvalue weighted by Gasteiger charge is -2.15. The minimum absolute atomic E-state index is 0.0179. The predicted molar refractivity (Wildman–Crippen MR) is 61.9 cm³/mol. The summed E-state index contributed by atoms with van der Waals surface area (Å²) < 4.78 is 38.2. The number of likely N-dealkylation sites (N-methyl/N-ethyl adjacent to an activating group) is 1. The van der Waals surface area contributed by atoms with Gasteiger partial charge in [0.05, 0.1) is 4.92 Å². The molecule has 100 valence electrons. The smallest absolute Gasteiger partial charge is 0.324 e. The second kappa shape index (κ2) is 5.38. The second-order valence-electron chi connectivity index (χ2n) is 3.46. The van der Waals surface area contributed by atoms with Crippen LogP contribution in [0.2, 0.25) is 0 Å². The molecule has 0 aliphatic rings. The zero-order valence-corrected chi connectivity index (χ0v) is 10.4. The number of benzene rings is 1. The van der Waals surface area contributed by atoms with Crippen molar-refractivity contribution in [1.29, 1.82) is 0 Å². The average molecular weight is 277 g/mol. The molecule has 0 heterocycles. The Kier molecular flexibility index (Phi) is 4.33. The van der Waals surface area contributed by atoms with Crippen LogP contribution in [0, 0.1) is 15.9 Å². The maximum Gasteiger partial charge on any atom is 0.324 e. The van der Waals surface area contributed by atoms with E-state index < -0.39 is 31.3 Å². The molecular weight excluding hydrogens is 265 g/mol. The molecule has 1 rings (SSSR count). The minimum atomic E-state index is -4.13. The van der Waals surface area contributed by atoms with Gasteiger partial charge in [-0.25, -0.2) is 8.42 Å². The van der Waals surface area contributed by atoms with E-state index in [2.05, 4.69) is 0 Å². The van der Waals surface area contributed by atoms with Crippen LogP contribution in [0.3, 0.4) is 0 Å². The van der Waals surface area contributed by atoms with Gasteiger partial charge < -0.3 is 5.73 Å². The fourth-order valence-electron chi connectivity index (χ4n) is 1.35. The van der Waals surface area contributed by atoms with Crippen LogP contribution < -0.4 is 5.73 Å². The first-order valence-corrected chi connectivity index (χ1v) is 6.35. The van der Waals surface area contributed by atoms with E-state index >= 15 is 0 Å². The summed E-state index contributed by atoms with van der Waals surface area (Å²) in [6.45, 7) is 0.0366. The van der Waals surface area contributed by atoms with Crippen LogP contribution in [0.1, 0.15) is 0 Å². The van der Waals surface area contributed by atoms with Crippen LogP contribution in [-0.2, 0) is 10.0 Å². The van der Waals surface area contributed by atoms with Crippen LogP contribution in [0.25, 0.3) is 0 Å². The van der Waals surface area contributed by atoms with E-state index in [9.17, 15) is 22.9 Å². The van der Waals surface area contributed by atoms with Gasteiger partial charge in [-0.3, -0.25) is 10.1 Å². The molecule has 1 aromatic carbocycles. The molecule has 0 fully saturated rings. The molecule has 0 aliphatic carbocycles. The lowest BCUT2D eigenvalue weighted by molar-refractivity contribution is -0.390. The largest absolute Gasteiger partial charge is 0.329 e. The molecule has 18 heavy (non-hydrogen) atoms. The number of nitrogens with zero attached hydrogens (tertiary/aromatic N) is 2. The maximum atomic E-state index is 13.3. The Morgan fingerprint density at radius 1 is 1.50 bits per heavy atom. The van der Waals surface area contributed by atoms with Crippen molar-refractivity contribution in [2.75, 3.05) is 20.1 Å². The summed E-state index contributed by atoms with van der Waals surface area (Å²) in [5, 5.41) is 10.7. The molecule has 0 bridgehead atoms. The van der Waals surface area contributed by atoms with E-state index in [4.69, 9.17) is 5.73 Å². The minimum Gasteiger partial charge on any atom is -0.329 e. The number of nitro groups is 1. The van der Waals surface area contributed by atoms with Crippen LogP contribution in [0.15, 0.2) is 23.1 Å². The second-order valence-corrected chi connectivity index (χ2v) is 5.47. The number of nitrogens with two attached hydrogens (primary N) is 1. The number of hydrogen-bond donors (Lipinski definition) is 1. The molecule has 0 unspecified atom stereocenters. The maximum absolute atomic E-state index is 13.3. The molecule has 1 aromatic rings. The molecule has 0 spiro atoms. The van der Waals surface area contributed by atoms with Gasteiger partial charge in [0.15, 0.2) is 4.90 Å². The third kappa shape index (κ3) is 2.63. The summed E-state index contributed by atoms with van der Waals surface area (Å²) in [4.78, 5) is 8.99. The normalized spacial score (nSPS) is 11.8. The average Bonchev–Trinajstić information content (AvgIpc) is 2.28. The van der Waals surface area contributed by atoms with Crippen molar-refractivity contribution in [1.82, 2.24) is 4.31 Å². The molecule has 0 saturated carbocycles. The first-order valence-electron chi connectivity index (χ1n) is 4.91. The standard InChI is InChI=1S/C9H12FN3O4S/c1-12(6-5-11)18(16,17)8-4-2-3-7(10)9(8)13(14)15/h2-4H,5-6,11H2,1H3. The van der Waals surface area contributed by atoms with Gasteiger partial charge in [0.1, 0.15) is 0 Å². The Labute approximate surface area is 103 Å². The van der Waals surface area contributed by atoms with Gasteiger partial charge in [-0.05, 0) is 12.1 Å². The van der Waals surface area contributed by atoms with Gasteiger partial charge in [-0.1, -0.05) is 6.07 Å². The van der Waals surface area contributed by atoms with Crippen LogP contribution in [0.4, 0.5) is 10.1 Å². The van der Waals surface area contributed by atoms with Gasteiger partial charge in [0.2, 0.25) is 15.8 Å². The first-order chi connectivity index (χ1) is 8.32. The number of para-hydroxylation sites is 1. The fourth-order valence-corrected chi connectivity index (χ4v) is 2.70. The van der Waals surface area contributed by atoms with Gasteiger partial charge in [0.25, 0.3) is 0 Å². The third-order valence-corrected chi connectivity index (χ3v) is 4.15. The van der Waals surface area contributed by atoms with Gasteiger partial charge in [0, 0.05) is 20.1 Å². The summed E-state index contributed by atoms with van der Waals surface area (Å²) in [6.07, 6.45) is 0. The monoisotopic (exact) mass is 277 g/mol. The number of sulfonamides is 1. The van der Waals surface area contributed by atoms with Crippen molar-refractivity contribution in [2.45, 2.75) is 4.90 Å². The SMILES string of the molecule is CN(CCN)S(=O)(=O)c1cccc(F)c1[N+](=O)[O-]. The molecule has 0 amide bonds. The Balaban J connectivity index is 3.42. The van der Waals surface area contributed by atoms with Crippen LogP contribution in [0.5, 0.6) is 0 Å². The van der Waals surface area contributed by atoms with Gasteiger partial charge in [-0.2, -0.15) is 8.70 Å². The summed E-state index contributed by atoms with van der Waals surface area (Å²) in [7, 11) is -2.91. The number of rotatable bonds is 5. The highest BCUT2D eigenvalue weighted by Crippen LogP contribution is 2.28. The van der Waals surface area contributed by atoms with Crippen molar-refractivity contribution in [3.8, 4) is 0 Å². The predicted octanol–water partition coefficient (Wildman–Crippen LogP) is 0.313. The third-order valence-electron chi connectivity index (χ3n) is 2.26. The molecule has 7 nitrogen and oxygen atoms in total. The van der Waals surface area contributed by atoms with Crippen LogP contribution >= 0.6 is 0 Å². The highest BCUT2D eigenvalue weighted by Gasteiger charge is 2.31. The first kappa shape index (κ1) is 14.5. The Hall–Kier alpha value is -1.58. The molecule has 2 N–H and O–H groups in total. The lowest BCUT2D eigenvalue weighted by Crippen LogP contribution is -2.32. The molecule has 0 atom stereocenters. The van der Waals surface area contributed by atoms with Crippen molar-refractivity contribution >= 4 is 15.7 Å².